The van der Waals surface area contributed by atoms with E-state index in [9.17, 15) is 4.39 Å². The Hall–Kier alpha value is -0.190. The summed E-state index contributed by atoms with van der Waals surface area (Å²) < 4.78 is 13.9. The van der Waals surface area contributed by atoms with Gasteiger partial charge in [-0.05, 0) is 43.2 Å². The van der Waals surface area contributed by atoms with Crippen LogP contribution in [0.1, 0.15) is 25.7 Å². The van der Waals surface area contributed by atoms with E-state index in [2.05, 4.69) is 51.8 Å². The standard InChI is InChI=1S/C13H11Br2FS/c1-7-5-8(2)17-13(7)12(15)10-4-3-9(16)6-11(10)14/h3-6,12H,1-2H3. The molecule has 0 spiro atoms. The molecule has 1 aromatic heterocycles. The normalized spacial score (nSPS) is 12.8. The lowest BCUT2D eigenvalue weighted by molar-refractivity contribution is 0.626. The van der Waals surface area contributed by atoms with Crippen molar-refractivity contribution in [2.24, 2.45) is 0 Å². The zero-order chi connectivity index (χ0) is 12.6. The van der Waals surface area contributed by atoms with E-state index >= 15 is 0 Å². The number of hydrogen-bond donors (Lipinski definition) is 0. The van der Waals surface area contributed by atoms with Gasteiger partial charge in [-0.2, -0.15) is 0 Å². The molecule has 0 nitrogen and oxygen atoms in total. The first-order valence-electron chi connectivity index (χ1n) is 5.15. The highest BCUT2D eigenvalue weighted by Gasteiger charge is 2.18. The summed E-state index contributed by atoms with van der Waals surface area (Å²) in [6.07, 6.45) is 0. The molecule has 90 valence electrons. The Kier molecular flexibility index (Phi) is 4.06. The fourth-order valence-corrected chi connectivity index (χ4v) is 4.72. The second-order valence-corrected chi connectivity index (χ2v) is 6.99. The van der Waals surface area contributed by atoms with Gasteiger partial charge < -0.3 is 0 Å². The molecule has 4 heteroatoms. The van der Waals surface area contributed by atoms with E-state index in [4.69, 9.17) is 0 Å². The van der Waals surface area contributed by atoms with Gasteiger partial charge in [-0.15, -0.1) is 11.3 Å². The summed E-state index contributed by atoms with van der Waals surface area (Å²) >= 11 is 8.87. The van der Waals surface area contributed by atoms with Crippen LogP contribution in [0.15, 0.2) is 28.7 Å². The summed E-state index contributed by atoms with van der Waals surface area (Å²) in [6.45, 7) is 4.20. The molecule has 0 fully saturated rings. The maximum atomic E-state index is 13.1. The first-order chi connectivity index (χ1) is 7.99. The minimum atomic E-state index is -0.223. The summed E-state index contributed by atoms with van der Waals surface area (Å²) in [5, 5.41) is 0. The molecule has 0 aliphatic rings. The Bertz CT molecular complexity index is 548. The number of alkyl halides is 1. The summed E-state index contributed by atoms with van der Waals surface area (Å²) in [6, 6.07) is 6.97. The number of aryl methyl sites for hydroxylation is 2. The third kappa shape index (κ3) is 2.80. The maximum absolute atomic E-state index is 13.1. The number of benzene rings is 1. The Morgan fingerprint density at radius 3 is 2.47 bits per heavy atom. The minimum Gasteiger partial charge on any atom is -0.207 e. The van der Waals surface area contributed by atoms with Crippen LogP contribution in [0.3, 0.4) is 0 Å². The third-order valence-corrected chi connectivity index (χ3v) is 5.70. The molecule has 0 bridgehead atoms. The van der Waals surface area contributed by atoms with E-state index in [0.29, 0.717) is 0 Å². The Morgan fingerprint density at radius 2 is 1.94 bits per heavy atom. The quantitative estimate of drug-likeness (QED) is 0.584. The van der Waals surface area contributed by atoms with Gasteiger partial charge in [0.2, 0.25) is 0 Å². The van der Waals surface area contributed by atoms with Gasteiger partial charge in [-0.1, -0.05) is 37.9 Å². The highest BCUT2D eigenvalue weighted by Crippen LogP contribution is 2.40. The predicted octanol–water partition coefficient (Wildman–Crippen LogP) is 5.75. The summed E-state index contributed by atoms with van der Waals surface area (Å²) in [4.78, 5) is 2.67. The highest BCUT2D eigenvalue weighted by molar-refractivity contribution is 9.11. The first-order valence-corrected chi connectivity index (χ1v) is 7.67. The molecule has 0 saturated heterocycles. The van der Waals surface area contributed by atoms with Crippen LogP contribution < -0.4 is 0 Å². The van der Waals surface area contributed by atoms with Gasteiger partial charge in [0, 0.05) is 14.2 Å². The molecule has 0 radical (unpaired) electrons. The fraction of sp³-hybridized carbons (Fsp3) is 0.231. The molecule has 1 aromatic carbocycles. The van der Waals surface area contributed by atoms with E-state index in [0.717, 1.165) is 10.0 Å². The first kappa shape index (κ1) is 13.2. The number of hydrogen-bond acceptors (Lipinski definition) is 1. The topological polar surface area (TPSA) is 0 Å². The Labute approximate surface area is 121 Å². The van der Waals surface area contributed by atoms with E-state index < -0.39 is 0 Å². The van der Waals surface area contributed by atoms with Crippen molar-refractivity contribution in [2.45, 2.75) is 18.7 Å². The lowest BCUT2D eigenvalue weighted by Gasteiger charge is -2.12. The van der Waals surface area contributed by atoms with Crippen molar-refractivity contribution in [3.05, 3.63) is 55.4 Å². The van der Waals surface area contributed by atoms with E-state index in [1.54, 1.807) is 11.3 Å². The van der Waals surface area contributed by atoms with Gasteiger partial charge in [0.25, 0.3) is 0 Å². The van der Waals surface area contributed by atoms with Crippen molar-refractivity contribution < 1.29 is 4.39 Å². The van der Waals surface area contributed by atoms with Crippen LogP contribution in [0.5, 0.6) is 0 Å². The molecule has 0 N–H and O–H groups in total. The molecule has 1 heterocycles. The van der Waals surface area contributed by atoms with Gasteiger partial charge in [0.15, 0.2) is 0 Å². The lowest BCUT2D eigenvalue weighted by Crippen LogP contribution is -1.93. The molecule has 1 atom stereocenters. The molecule has 17 heavy (non-hydrogen) atoms. The average molecular weight is 378 g/mol. The van der Waals surface area contributed by atoms with E-state index in [-0.39, 0.29) is 10.6 Å². The molecule has 0 aliphatic carbocycles. The van der Waals surface area contributed by atoms with E-state index in [1.807, 2.05) is 6.07 Å². The molecule has 0 aliphatic heterocycles. The smallest absolute Gasteiger partial charge is 0.124 e. The van der Waals surface area contributed by atoms with Crippen LogP contribution in [0.25, 0.3) is 0 Å². The largest absolute Gasteiger partial charge is 0.207 e. The van der Waals surface area contributed by atoms with Crippen molar-refractivity contribution >= 4 is 43.2 Å². The van der Waals surface area contributed by atoms with Crippen LogP contribution in [-0.2, 0) is 0 Å². The average Bonchev–Trinajstić information content (AvgIpc) is 2.57. The molecular weight excluding hydrogens is 367 g/mol. The Balaban J connectivity index is 2.43. The molecule has 2 rings (SSSR count). The SMILES string of the molecule is Cc1cc(C)c(C(Br)c2ccc(F)cc2Br)s1. The van der Waals surface area contributed by atoms with Crippen LogP contribution in [0, 0.1) is 19.7 Å². The zero-order valence-electron chi connectivity index (χ0n) is 9.43. The zero-order valence-corrected chi connectivity index (χ0v) is 13.4. The molecular formula is C13H11Br2FS. The molecule has 0 saturated carbocycles. The summed E-state index contributed by atoms with van der Waals surface area (Å²) in [5.74, 6) is -0.223. The van der Waals surface area contributed by atoms with Gasteiger partial charge in [0.1, 0.15) is 5.82 Å². The van der Waals surface area contributed by atoms with Gasteiger partial charge in [0.05, 0.1) is 4.83 Å². The second-order valence-electron chi connectivity index (χ2n) is 3.93. The van der Waals surface area contributed by atoms with Crippen molar-refractivity contribution in [1.29, 1.82) is 0 Å². The van der Waals surface area contributed by atoms with Crippen LogP contribution in [0.2, 0.25) is 0 Å². The van der Waals surface area contributed by atoms with Crippen molar-refractivity contribution in [2.75, 3.05) is 0 Å². The van der Waals surface area contributed by atoms with Gasteiger partial charge in [-0.25, -0.2) is 4.39 Å². The molecule has 1 unspecified atom stereocenters. The second kappa shape index (κ2) is 5.21. The molecule has 0 amide bonds. The van der Waals surface area contributed by atoms with E-state index in [1.165, 1.54) is 27.5 Å². The van der Waals surface area contributed by atoms with Crippen LogP contribution >= 0.6 is 43.2 Å². The van der Waals surface area contributed by atoms with Crippen molar-refractivity contribution in [3.63, 3.8) is 0 Å². The lowest BCUT2D eigenvalue weighted by atomic mass is 10.1. The molecule has 2 aromatic rings. The summed E-state index contributed by atoms with van der Waals surface area (Å²) in [7, 11) is 0. The number of thiophene rings is 1. The number of rotatable bonds is 2. The van der Waals surface area contributed by atoms with Crippen molar-refractivity contribution in [3.8, 4) is 0 Å². The van der Waals surface area contributed by atoms with Crippen LogP contribution in [-0.4, -0.2) is 0 Å². The summed E-state index contributed by atoms with van der Waals surface area (Å²) in [5.41, 5.74) is 2.32. The van der Waals surface area contributed by atoms with Crippen molar-refractivity contribution in [1.82, 2.24) is 0 Å². The fourth-order valence-electron chi connectivity index (χ4n) is 1.76. The van der Waals surface area contributed by atoms with Gasteiger partial charge in [-0.3, -0.25) is 0 Å². The number of halogens is 3. The maximum Gasteiger partial charge on any atom is 0.124 e. The monoisotopic (exact) mass is 376 g/mol. The van der Waals surface area contributed by atoms with Gasteiger partial charge >= 0.3 is 0 Å². The highest BCUT2D eigenvalue weighted by atomic mass is 79.9. The predicted molar refractivity (Wildman–Crippen MR) is 78.7 cm³/mol. The van der Waals surface area contributed by atoms with Crippen LogP contribution in [0.4, 0.5) is 4.39 Å². The third-order valence-electron chi connectivity index (χ3n) is 2.55. The minimum absolute atomic E-state index is 0.108. The Morgan fingerprint density at radius 1 is 1.24 bits per heavy atom.